The van der Waals surface area contributed by atoms with Crippen LogP contribution in [0.25, 0.3) is 0 Å². The summed E-state index contributed by atoms with van der Waals surface area (Å²) < 4.78 is 18.7. The van der Waals surface area contributed by atoms with Crippen molar-refractivity contribution in [1.29, 1.82) is 0 Å². The third-order valence-corrected chi connectivity index (χ3v) is 6.78. The van der Waals surface area contributed by atoms with Crippen molar-refractivity contribution in [2.24, 2.45) is 4.99 Å². The molecule has 8 nitrogen and oxygen atoms in total. The summed E-state index contributed by atoms with van der Waals surface area (Å²) in [6.45, 7) is 4.11. The molecule has 34 heavy (non-hydrogen) atoms. The number of rotatable bonds is 9. The number of aliphatic imine (C=N–C) groups is 1. The summed E-state index contributed by atoms with van der Waals surface area (Å²) >= 11 is 1.21. The van der Waals surface area contributed by atoms with Crippen LogP contribution in [0.2, 0.25) is 0 Å². The fraction of sp³-hybridized carbons (Fsp3) is 0.360. The minimum Gasteiger partial charge on any atom is -0.465 e. The van der Waals surface area contributed by atoms with Crippen molar-refractivity contribution in [3.05, 3.63) is 84.4 Å². The van der Waals surface area contributed by atoms with Gasteiger partial charge in [-0.2, -0.15) is 0 Å². The van der Waals surface area contributed by atoms with Crippen LogP contribution >= 0.6 is 11.8 Å². The number of carboxylic acid groups (broad SMARTS) is 1. The van der Waals surface area contributed by atoms with Crippen LogP contribution in [-0.2, 0) is 27.4 Å². The number of amidine groups is 1. The van der Waals surface area contributed by atoms with Crippen LogP contribution in [0.1, 0.15) is 11.1 Å². The molecular formula is C25H28N2O6S. The maximum absolute atomic E-state index is 11.8. The van der Waals surface area contributed by atoms with E-state index in [1.54, 1.807) is 0 Å². The number of thioether (sulfide) groups is 1. The molecule has 0 unspecified atom stereocenters. The molecule has 0 spiro atoms. The van der Waals surface area contributed by atoms with Crippen molar-refractivity contribution in [3.63, 3.8) is 0 Å². The topological polar surface area (TPSA) is 101 Å². The zero-order valence-corrected chi connectivity index (χ0v) is 19.4. The molecule has 180 valence electrons. The predicted octanol–water partition coefficient (Wildman–Crippen LogP) is 3.51. The number of benzene rings is 2. The van der Waals surface area contributed by atoms with Crippen molar-refractivity contribution < 1.29 is 29.2 Å². The summed E-state index contributed by atoms with van der Waals surface area (Å²) in [6.07, 6.45) is -1.42. The van der Waals surface area contributed by atoms with Gasteiger partial charge in [-0.25, -0.2) is 4.79 Å². The fourth-order valence-electron chi connectivity index (χ4n) is 3.96. The molecule has 1 amide bonds. The van der Waals surface area contributed by atoms with Crippen LogP contribution in [0.5, 0.6) is 0 Å². The van der Waals surface area contributed by atoms with E-state index in [-0.39, 0.29) is 13.2 Å². The number of aliphatic hydroxyl groups excluding tert-OH is 1. The van der Waals surface area contributed by atoms with E-state index in [4.69, 9.17) is 14.2 Å². The molecule has 0 saturated carbocycles. The number of ether oxygens (including phenoxy) is 3. The summed E-state index contributed by atoms with van der Waals surface area (Å²) in [5, 5.41) is 20.0. The zero-order chi connectivity index (χ0) is 23.9. The van der Waals surface area contributed by atoms with E-state index >= 15 is 0 Å². The van der Waals surface area contributed by atoms with E-state index in [1.807, 2.05) is 60.7 Å². The van der Waals surface area contributed by atoms with Crippen molar-refractivity contribution in [1.82, 2.24) is 4.90 Å². The second-order valence-electron chi connectivity index (χ2n) is 7.95. The monoisotopic (exact) mass is 484 g/mol. The van der Waals surface area contributed by atoms with Gasteiger partial charge in [-0.15, -0.1) is 6.58 Å². The first-order valence-electron chi connectivity index (χ1n) is 11.0. The van der Waals surface area contributed by atoms with Crippen LogP contribution in [0.3, 0.4) is 0 Å². The molecule has 0 radical (unpaired) electrons. The molecular weight excluding hydrogens is 456 g/mol. The second kappa shape index (κ2) is 11.6. The van der Waals surface area contributed by atoms with E-state index in [9.17, 15) is 15.0 Å². The first-order chi connectivity index (χ1) is 16.6. The lowest BCUT2D eigenvalue weighted by molar-refractivity contribution is -0.205. The molecule has 2 aromatic carbocycles. The van der Waals surface area contributed by atoms with Gasteiger partial charge < -0.3 is 24.4 Å². The number of hydrogen-bond donors (Lipinski definition) is 2. The third kappa shape index (κ3) is 5.68. The Balaban J connectivity index is 1.60. The van der Waals surface area contributed by atoms with Crippen LogP contribution in [0.15, 0.2) is 78.3 Å². The SMILES string of the molecule is C=CCN(C(=O)O)C1=N[C@@H]2[C@@H](OCc3ccccc3)[C@H](OCc3ccccc3)[C@@H](CO)O[C@@H]2S1. The first kappa shape index (κ1) is 24.4. The molecule has 2 heterocycles. The van der Waals surface area contributed by atoms with Gasteiger partial charge in [0.15, 0.2) is 5.17 Å². The quantitative estimate of drug-likeness (QED) is 0.525. The molecule has 5 atom stereocenters. The predicted molar refractivity (Wildman–Crippen MR) is 130 cm³/mol. The summed E-state index contributed by atoms with van der Waals surface area (Å²) in [5.41, 5.74) is 1.47. The Morgan fingerprint density at radius 3 is 2.18 bits per heavy atom. The third-order valence-electron chi connectivity index (χ3n) is 5.62. The zero-order valence-electron chi connectivity index (χ0n) is 18.6. The largest absolute Gasteiger partial charge is 0.465 e. The lowest BCUT2D eigenvalue weighted by Gasteiger charge is -2.42. The Hall–Kier alpha value is -2.69. The van der Waals surface area contributed by atoms with Gasteiger partial charge >= 0.3 is 6.09 Å². The standard InChI is InChI=1S/C25H28N2O6S/c1-2-13-27(25(29)30)24-26-20-22(32-16-18-11-7-4-8-12-18)21(19(14-28)33-23(20)34-24)31-15-17-9-5-3-6-10-17/h2-12,19-23,28H,1,13-16H2,(H,29,30)/t19-,20-,21-,22-,23-/m1/s1. The fourth-order valence-corrected chi connectivity index (χ4v) is 5.18. The Morgan fingerprint density at radius 1 is 1.06 bits per heavy atom. The van der Waals surface area contributed by atoms with Gasteiger partial charge in [0.2, 0.25) is 0 Å². The summed E-state index contributed by atoms with van der Waals surface area (Å²) in [7, 11) is 0. The molecule has 1 saturated heterocycles. The molecule has 1 fully saturated rings. The highest BCUT2D eigenvalue weighted by molar-refractivity contribution is 8.14. The van der Waals surface area contributed by atoms with Gasteiger partial charge in [-0.05, 0) is 11.1 Å². The van der Waals surface area contributed by atoms with E-state index in [0.717, 1.165) is 16.0 Å². The van der Waals surface area contributed by atoms with Crippen molar-refractivity contribution in [2.45, 2.75) is 43.0 Å². The molecule has 2 aliphatic heterocycles. The Morgan fingerprint density at radius 2 is 1.65 bits per heavy atom. The van der Waals surface area contributed by atoms with Gasteiger partial charge in [-0.1, -0.05) is 78.5 Å². The normalized spacial score (nSPS) is 25.9. The van der Waals surface area contributed by atoms with Crippen molar-refractivity contribution >= 4 is 23.0 Å². The Bertz CT molecular complexity index is 989. The van der Waals surface area contributed by atoms with Crippen LogP contribution in [0, 0.1) is 0 Å². The number of carbonyl (C=O) groups is 1. The van der Waals surface area contributed by atoms with Gasteiger partial charge in [0.25, 0.3) is 0 Å². The molecule has 9 heteroatoms. The van der Waals surface area contributed by atoms with Crippen molar-refractivity contribution in [3.8, 4) is 0 Å². The average Bonchev–Trinajstić information content (AvgIpc) is 3.28. The summed E-state index contributed by atoms with van der Waals surface area (Å²) in [6, 6.07) is 19.0. The van der Waals surface area contributed by atoms with Crippen LogP contribution in [-0.4, -0.2) is 69.3 Å². The van der Waals surface area contributed by atoms with Gasteiger partial charge in [-0.3, -0.25) is 9.89 Å². The lowest BCUT2D eigenvalue weighted by atomic mass is 9.97. The van der Waals surface area contributed by atoms with Gasteiger partial charge in [0.1, 0.15) is 29.8 Å². The Kier molecular flexibility index (Phi) is 8.36. The molecule has 0 bridgehead atoms. The number of fused-ring (bicyclic) bond motifs is 1. The maximum atomic E-state index is 11.8. The van der Waals surface area contributed by atoms with E-state index in [1.165, 1.54) is 17.8 Å². The highest BCUT2D eigenvalue weighted by Gasteiger charge is 2.51. The maximum Gasteiger partial charge on any atom is 0.413 e. The molecule has 4 rings (SSSR count). The van der Waals surface area contributed by atoms with Crippen LogP contribution in [0.4, 0.5) is 4.79 Å². The highest BCUT2D eigenvalue weighted by Crippen LogP contribution is 2.40. The number of hydrogen-bond acceptors (Lipinski definition) is 7. The number of aliphatic hydroxyl groups is 1. The lowest BCUT2D eigenvalue weighted by Crippen LogP contribution is -2.57. The molecule has 0 aromatic heterocycles. The van der Waals surface area contributed by atoms with Crippen molar-refractivity contribution in [2.75, 3.05) is 13.2 Å². The molecule has 2 N–H and O–H groups in total. The average molecular weight is 485 g/mol. The molecule has 2 aromatic rings. The highest BCUT2D eigenvalue weighted by atomic mass is 32.2. The van der Waals surface area contributed by atoms with E-state index < -0.39 is 35.9 Å². The Labute approximate surface area is 202 Å². The van der Waals surface area contributed by atoms with Gasteiger partial charge in [0, 0.05) is 6.54 Å². The molecule has 2 aliphatic rings. The molecule has 0 aliphatic carbocycles. The smallest absolute Gasteiger partial charge is 0.413 e. The van der Waals surface area contributed by atoms with Crippen LogP contribution < -0.4 is 0 Å². The minimum atomic E-state index is -1.12. The number of nitrogens with zero attached hydrogens (tertiary/aromatic N) is 2. The van der Waals surface area contributed by atoms with Gasteiger partial charge in [0.05, 0.1) is 19.8 Å². The van der Waals surface area contributed by atoms with E-state index in [0.29, 0.717) is 18.4 Å². The number of amides is 1. The van der Waals surface area contributed by atoms with E-state index in [2.05, 4.69) is 11.6 Å². The summed E-state index contributed by atoms with van der Waals surface area (Å²) in [5.74, 6) is 0. The first-order valence-corrected chi connectivity index (χ1v) is 11.9. The minimum absolute atomic E-state index is 0.105. The second-order valence-corrected chi connectivity index (χ2v) is 9.02. The summed E-state index contributed by atoms with van der Waals surface area (Å²) in [4.78, 5) is 17.6.